The Hall–Kier alpha value is -1.43. The number of carbonyl (C=O) groups is 1. The van der Waals surface area contributed by atoms with Crippen LogP contribution in [-0.4, -0.2) is 51.9 Å². The molecule has 1 unspecified atom stereocenters. The summed E-state index contributed by atoms with van der Waals surface area (Å²) >= 11 is 0. The first kappa shape index (κ1) is 15.6. The van der Waals surface area contributed by atoms with E-state index in [2.05, 4.69) is 35.9 Å². The Morgan fingerprint density at radius 2 is 1.95 bits per heavy atom. The lowest BCUT2D eigenvalue weighted by molar-refractivity contribution is 0.0501. The van der Waals surface area contributed by atoms with Gasteiger partial charge in [0.1, 0.15) is 5.82 Å². The monoisotopic (exact) mass is 268 g/mol. The summed E-state index contributed by atoms with van der Waals surface area (Å²) in [6.07, 6.45) is 0. The van der Waals surface area contributed by atoms with E-state index >= 15 is 0 Å². The van der Waals surface area contributed by atoms with Gasteiger partial charge in [-0.05, 0) is 33.9 Å². The molecule has 0 fully saturated rings. The third-order valence-corrected chi connectivity index (χ3v) is 3.18. The lowest BCUT2D eigenvalue weighted by Gasteiger charge is -2.24. The number of aryl methyl sites for hydroxylation is 1. The smallest absolute Gasteiger partial charge is 0.376 e. The fourth-order valence-corrected chi connectivity index (χ4v) is 2.17. The Balaban J connectivity index is 2.92. The van der Waals surface area contributed by atoms with Crippen molar-refractivity contribution in [2.75, 3.05) is 26.2 Å². The summed E-state index contributed by atoms with van der Waals surface area (Å²) in [5.41, 5.74) is 0. The molecule has 0 amide bonds. The van der Waals surface area contributed by atoms with Gasteiger partial charge in [0.2, 0.25) is 5.82 Å². The first-order valence-electron chi connectivity index (χ1n) is 6.86. The molecule has 1 atom stereocenters. The molecule has 1 aromatic heterocycles. The van der Waals surface area contributed by atoms with Crippen molar-refractivity contribution in [3.63, 3.8) is 0 Å². The Labute approximate surface area is 114 Å². The minimum absolute atomic E-state index is 0.134. The first-order chi connectivity index (χ1) is 9.04. The summed E-state index contributed by atoms with van der Waals surface area (Å²) in [5.74, 6) is 0.621. The standard InChI is InChI=1S/C13H24N4O2/c1-6-16(7-2)9-10(4)17-11(5)14-15-12(17)13(18)19-8-3/h10H,6-9H2,1-5H3. The number of carbonyl (C=O) groups excluding carboxylic acids is 1. The van der Waals surface area contributed by atoms with Gasteiger partial charge in [-0.15, -0.1) is 10.2 Å². The first-order valence-corrected chi connectivity index (χ1v) is 6.86. The van der Waals surface area contributed by atoms with Gasteiger partial charge in [0, 0.05) is 12.6 Å². The lowest BCUT2D eigenvalue weighted by Crippen LogP contribution is -2.31. The van der Waals surface area contributed by atoms with E-state index in [4.69, 9.17) is 4.74 Å². The van der Waals surface area contributed by atoms with E-state index in [9.17, 15) is 4.79 Å². The van der Waals surface area contributed by atoms with Crippen molar-refractivity contribution in [3.05, 3.63) is 11.6 Å². The van der Waals surface area contributed by atoms with Crippen LogP contribution in [0.4, 0.5) is 0 Å². The van der Waals surface area contributed by atoms with E-state index in [1.807, 2.05) is 11.5 Å². The van der Waals surface area contributed by atoms with Gasteiger partial charge in [0.15, 0.2) is 0 Å². The highest BCUT2D eigenvalue weighted by atomic mass is 16.5. The quantitative estimate of drug-likeness (QED) is 0.704. The summed E-state index contributed by atoms with van der Waals surface area (Å²) in [5, 5.41) is 7.93. The second kappa shape index (κ2) is 7.23. The summed E-state index contributed by atoms with van der Waals surface area (Å²) in [7, 11) is 0. The van der Waals surface area contributed by atoms with Crippen LogP contribution in [0.25, 0.3) is 0 Å². The largest absolute Gasteiger partial charge is 0.460 e. The summed E-state index contributed by atoms with van der Waals surface area (Å²) in [4.78, 5) is 14.2. The van der Waals surface area contributed by atoms with Gasteiger partial charge in [-0.2, -0.15) is 0 Å². The number of ether oxygens (including phenoxy) is 1. The normalized spacial score (nSPS) is 12.7. The van der Waals surface area contributed by atoms with Crippen LogP contribution in [0.3, 0.4) is 0 Å². The van der Waals surface area contributed by atoms with Crippen LogP contribution >= 0.6 is 0 Å². The topological polar surface area (TPSA) is 60.2 Å². The molecule has 0 aliphatic rings. The van der Waals surface area contributed by atoms with Gasteiger partial charge in [0.05, 0.1) is 6.61 Å². The molecule has 19 heavy (non-hydrogen) atoms. The molecule has 0 aliphatic heterocycles. The third kappa shape index (κ3) is 3.76. The van der Waals surface area contributed by atoms with E-state index in [1.165, 1.54) is 0 Å². The Morgan fingerprint density at radius 1 is 1.32 bits per heavy atom. The lowest BCUT2D eigenvalue weighted by atomic mass is 10.2. The molecule has 0 aliphatic carbocycles. The van der Waals surface area contributed by atoms with Crippen LogP contribution in [0.2, 0.25) is 0 Å². The number of nitrogens with zero attached hydrogens (tertiary/aromatic N) is 4. The molecule has 0 saturated heterocycles. The van der Waals surface area contributed by atoms with Gasteiger partial charge < -0.3 is 14.2 Å². The van der Waals surface area contributed by atoms with Crippen molar-refractivity contribution >= 4 is 5.97 Å². The number of hydrogen-bond acceptors (Lipinski definition) is 5. The van der Waals surface area contributed by atoms with Crippen molar-refractivity contribution in [2.45, 2.75) is 40.7 Å². The third-order valence-electron chi connectivity index (χ3n) is 3.18. The van der Waals surface area contributed by atoms with Crippen LogP contribution < -0.4 is 0 Å². The SMILES string of the molecule is CCOC(=O)c1nnc(C)n1C(C)CN(CC)CC. The average molecular weight is 268 g/mol. The van der Waals surface area contributed by atoms with Gasteiger partial charge in [-0.1, -0.05) is 13.8 Å². The van der Waals surface area contributed by atoms with Crippen molar-refractivity contribution in [1.82, 2.24) is 19.7 Å². The van der Waals surface area contributed by atoms with E-state index < -0.39 is 5.97 Å². The van der Waals surface area contributed by atoms with Crippen LogP contribution in [0.15, 0.2) is 0 Å². The van der Waals surface area contributed by atoms with Gasteiger partial charge in [0.25, 0.3) is 0 Å². The van der Waals surface area contributed by atoms with Crippen molar-refractivity contribution in [2.24, 2.45) is 0 Å². The minimum Gasteiger partial charge on any atom is -0.460 e. The van der Waals surface area contributed by atoms with Crippen LogP contribution in [0.5, 0.6) is 0 Å². The zero-order valence-corrected chi connectivity index (χ0v) is 12.5. The molecule has 6 heteroatoms. The maximum Gasteiger partial charge on any atom is 0.376 e. The summed E-state index contributed by atoms with van der Waals surface area (Å²) in [6.45, 7) is 13.1. The van der Waals surface area contributed by atoms with Crippen LogP contribution in [-0.2, 0) is 4.74 Å². The summed E-state index contributed by atoms with van der Waals surface area (Å²) in [6, 6.07) is 0.134. The number of aromatic nitrogens is 3. The van der Waals surface area contributed by atoms with E-state index in [0.29, 0.717) is 12.4 Å². The van der Waals surface area contributed by atoms with E-state index in [1.54, 1.807) is 6.92 Å². The van der Waals surface area contributed by atoms with E-state index in [-0.39, 0.29) is 6.04 Å². The second-order valence-corrected chi connectivity index (χ2v) is 4.50. The van der Waals surface area contributed by atoms with E-state index in [0.717, 1.165) is 25.5 Å². The zero-order valence-electron chi connectivity index (χ0n) is 12.5. The molecule has 0 radical (unpaired) electrons. The highest BCUT2D eigenvalue weighted by Gasteiger charge is 2.22. The second-order valence-electron chi connectivity index (χ2n) is 4.50. The molecule has 0 spiro atoms. The molecule has 6 nitrogen and oxygen atoms in total. The fraction of sp³-hybridized carbons (Fsp3) is 0.769. The molecule has 0 aromatic carbocycles. The Bertz CT molecular complexity index is 413. The highest BCUT2D eigenvalue weighted by Crippen LogP contribution is 2.14. The number of esters is 1. The Morgan fingerprint density at radius 3 is 2.47 bits per heavy atom. The molecular weight excluding hydrogens is 244 g/mol. The number of likely N-dealkylation sites (N-methyl/N-ethyl adjacent to an activating group) is 1. The van der Waals surface area contributed by atoms with Crippen LogP contribution in [0.1, 0.15) is 50.2 Å². The predicted molar refractivity (Wildman–Crippen MR) is 73.2 cm³/mol. The molecule has 1 heterocycles. The van der Waals surface area contributed by atoms with Gasteiger partial charge in [-0.25, -0.2) is 4.79 Å². The van der Waals surface area contributed by atoms with Crippen molar-refractivity contribution in [1.29, 1.82) is 0 Å². The molecule has 1 rings (SSSR count). The molecule has 0 saturated carbocycles. The molecule has 1 aromatic rings. The van der Waals surface area contributed by atoms with Gasteiger partial charge in [-0.3, -0.25) is 0 Å². The fourth-order valence-electron chi connectivity index (χ4n) is 2.17. The minimum atomic E-state index is -0.408. The number of hydrogen-bond donors (Lipinski definition) is 0. The highest BCUT2D eigenvalue weighted by molar-refractivity contribution is 5.85. The van der Waals surface area contributed by atoms with Crippen LogP contribution in [0, 0.1) is 6.92 Å². The average Bonchev–Trinajstić information content (AvgIpc) is 2.78. The molecule has 108 valence electrons. The van der Waals surface area contributed by atoms with Crippen molar-refractivity contribution < 1.29 is 9.53 Å². The molecule has 0 N–H and O–H groups in total. The zero-order chi connectivity index (χ0) is 14.4. The molecule has 0 bridgehead atoms. The van der Waals surface area contributed by atoms with Crippen molar-refractivity contribution in [3.8, 4) is 0 Å². The predicted octanol–water partition coefficient (Wildman–Crippen LogP) is 1.67. The summed E-state index contributed by atoms with van der Waals surface area (Å²) < 4.78 is 6.87. The maximum atomic E-state index is 11.8. The van der Waals surface area contributed by atoms with Gasteiger partial charge >= 0.3 is 5.97 Å². The number of rotatable bonds is 7. The molecular formula is C13H24N4O2. The maximum absolute atomic E-state index is 11.8. The Kier molecular flexibility index (Phi) is 5.95.